The summed E-state index contributed by atoms with van der Waals surface area (Å²) >= 11 is 0. The van der Waals surface area contributed by atoms with Crippen molar-refractivity contribution in [3.8, 4) is 11.5 Å². The van der Waals surface area contributed by atoms with Crippen molar-refractivity contribution in [1.29, 1.82) is 0 Å². The maximum Gasteiger partial charge on any atom is 0.126 e. The van der Waals surface area contributed by atoms with Crippen LogP contribution in [0, 0.1) is 0 Å². The Labute approximate surface area is 96.8 Å². The molecule has 16 heavy (non-hydrogen) atoms. The Hall–Kier alpha value is -1.22. The highest BCUT2D eigenvalue weighted by Gasteiger charge is 2.25. The lowest BCUT2D eigenvalue weighted by atomic mass is 10.1. The molecule has 1 unspecified atom stereocenters. The lowest BCUT2D eigenvalue weighted by Crippen LogP contribution is -2.18. The number of hydrogen-bond donors (Lipinski definition) is 1. The van der Waals surface area contributed by atoms with Gasteiger partial charge in [-0.1, -0.05) is 6.92 Å². The number of ether oxygens (including phenoxy) is 2. The molecular formula is C13H19NO2. The molecule has 1 atom stereocenters. The third-order valence-corrected chi connectivity index (χ3v) is 3.18. The van der Waals surface area contributed by atoms with Gasteiger partial charge in [-0.3, -0.25) is 0 Å². The average Bonchev–Trinajstić information content (AvgIpc) is 2.72. The van der Waals surface area contributed by atoms with E-state index in [2.05, 4.69) is 18.3 Å². The highest BCUT2D eigenvalue weighted by Crippen LogP contribution is 2.39. The molecule has 88 valence electrons. The monoisotopic (exact) mass is 221 g/mol. The van der Waals surface area contributed by atoms with E-state index in [1.54, 1.807) is 14.2 Å². The van der Waals surface area contributed by atoms with E-state index in [1.807, 2.05) is 6.07 Å². The maximum absolute atomic E-state index is 5.42. The first-order valence-corrected chi connectivity index (χ1v) is 5.78. The SMILES string of the molecule is CCNC1CCc2c(OC)cc(OC)cc21. The Morgan fingerprint density at radius 2 is 2.12 bits per heavy atom. The fourth-order valence-corrected chi connectivity index (χ4v) is 2.42. The Morgan fingerprint density at radius 1 is 1.31 bits per heavy atom. The predicted octanol–water partition coefficient (Wildman–Crippen LogP) is 2.30. The zero-order valence-corrected chi connectivity index (χ0v) is 10.2. The van der Waals surface area contributed by atoms with Crippen molar-refractivity contribution in [3.05, 3.63) is 23.3 Å². The van der Waals surface area contributed by atoms with Crippen LogP contribution < -0.4 is 14.8 Å². The standard InChI is InChI=1S/C13H19NO2/c1-4-14-12-6-5-10-11(12)7-9(15-2)8-13(10)16-3/h7-8,12,14H,4-6H2,1-3H3. The van der Waals surface area contributed by atoms with Crippen LogP contribution in [0.25, 0.3) is 0 Å². The lowest BCUT2D eigenvalue weighted by molar-refractivity contribution is 0.391. The van der Waals surface area contributed by atoms with Crippen molar-refractivity contribution in [3.63, 3.8) is 0 Å². The summed E-state index contributed by atoms with van der Waals surface area (Å²) in [5, 5.41) is 3.49. The van der Waals surface area contributed by atoms with Gasteiger partial charge in [-0.25, -0.2) is 0 Å². The molecule has 0 aliphatic heterocycles. The number of methoxy groups -OCH3 is 2. The Morgan fingerprint density at radius 3 is 2.75 bits per heavy atom. The summed E-state index contributed by atoms with van der Waals surface area (Å²) < 4.78 is 10.7. The normalized spacial score (nSPS) is 18.3. The van der Waals surface area contributed by atoms with Gasteiger partial charge in [0.2, 0.25) is 0 Å². The molecule has 0 bridgehead atoms. The Kier molecular flexibility index (Phi) is 3.34. The van der Waals surface area contributed by atoms with Gasteiger partial charge in [-0.05, 0) is 36.6 Å². The van der Waals surface area contributed by atoms with E-state index in [4.69, 9.17) is 9.47 Å². The van der Waals surface area contributed by atoms with Crippen LogP contribution in [-0.2, 0) is 6.42 Å². The van der Waals surface area contributed by atoms with Gasteiger partial charge in [0.25, 0.3) is 0 Å². The zero-order valence-electron chi connectivity index (χ0n) is 10.2. The minimum absolute atomic E-state index is 0.448. The quantitative estimate of drug-likeness (QED) is 0.846. The largest absolute Gasteiger partial charge is 0.497 e. The summed E-state index contributed by atoms with van der Waals surface area (Å²) in [5.41, 5.74) is 2.66. The lowest BCUT2D eigenvalue weighted by Gasteiger charge is -2.15. The molecule has 1 aliphatic carbocycles. The first-order chi connectivity index (χ1) is 7.80. The molecule has 0 fully saturated rings. The van der Waals surface area contributed by atoms with Gasteiger partial charge in [0.1, 0.15) is 11.5 Å². The molecule has 3 heteroatoms. The van der Waals surface area contributed by atoms with Gasteiger partial charge in [-0.2, -0.15) is 0 Å². The molecule has 1 aliphatic rings. The van der Waals surface area contributed by atoms with E-state index in [9.17, 15) is 0 Å². The van der Waals surface area contributed by atoms with Crippen molar-refractivity contribution >= 4 is 0 Å². The molecule has 1 aromatic rings. The van der Waals surface area contributed by atoms with E-state index in [0.29, 0.717) is 6.04 Å². The van der Waals surface area contributed by atoms with Crippen LogP contribution in [0.5, 0.6) is 11.5 Å². The molecule has 1 aromatic carbocycles. The zero-order chi connectivity index (χ0) is 11.5. The Bertz CT molecular complexity index is 376. The summed E-state index contributed by atoms with van der Waals surface area (Å²) in [6, 6.07) is 4.54. The van der Waals surface area contributed by atoms with Crippen molar-refractivity contribution in [2.75, 3.05) is 20.8 Å². The smallest absolute Gasteiger partial charge is 0.126 e. The van der Waals surface area contributed by atoms with Gasteiger partial charge in [0.15, 0.2) is 0 Å². The van der Waals surface area contributed by atoms with E-state index in [0.717, 1.165) is 30.9 Å². The predicted molar refractivity (Wildman–Crippen MR) is 64.3 cm³/mol. The topological polar surface area (TPSA) is 30.5 Å². The highest BCUT2D eigenvalue weighted by atomic mass is 16.5. The molecule has 0 saturated heterocycles. The number of nitrogens with one attached hydrogen (secondary N) is 1. The Balaban J connectivity index is 2.40. The number of benzene rings is 1. The summed E-state index contributed by atoms with van der Waals surface area (Å²) in [4.78, 5) is 0. The second kappa shape index (κ2) is 4.74. The molecule has 0 amide bonds. The van der Waals surface area contributed by atoms with Gasteiger partial charge in [-0.15, -0.1) is 0 Å². The molecule has 0 spiro atoms. The van der Waals surface area contributed by atoms with Gasteiger partial charge in [0.05, 0.1) is 14.2 Å². The molecule has 0 saturated carbocycles. The maximum atomic E-state index is 5.42. The molecular weight excluding hydrogens is 202 g/mol. The number of rotatable bonds is 4. The molecule has 0 radical (unpaired) electrons. The van der Waals surface area contributed by atoms with E-state index >= 15 is 0 Å². The van der Waals surface area contributed by atoms with Crippen molar-refractivity contribution in [2.24, 2.45) is 0 Å². The van der Waals surface area contributed by atoms with Crippen molar-refractivity contribution in [2.45, 2.75) is 25.8 Å². The average molecular weight is 221 g/mol. The highest BCUT2D eigenvalue weighted by molar-refractivity contribution is 5.50. The summed E-state index contributed by atoms with van der Waals surface area (Å²) in [7, 11) is 3.41. The molecule has 0 heterocycles. The van der Waals surface area contributed by atoms with Gasteiger partial charge in [0, 0.05) is 12.1 Å². The fraction of sp³-hybridized carbons (Fsp3) is 0.538. The third kappa shape index (κ3) is 1.87. The van der Waals surface area contributed by atoms with Crippen LogP contribution in [0.2, 0.25) is 0 Å². The fourth-order valence-electron chi connectivity index (χ4n) is 2.42. The van der Waals surface area contributed by atoms with Crippen LogP contribution in [0.3, 0.4) is 0 Å². The van der Waals surface area contributed by atoms with Crippen LogP contribution in [-0.4, -0.2) is 20.8 Å². The van der Waals surface area contributed by atoms with Crippen LogP contribution >= 0.6 is 0 Å². The van der Waals surface area contributed by atoms with Crippen LogP contribution in [0.15, 0.2) is 12.1 Å². The van der Waals surface area contributed by atoms with Crippen LogP contribution in [0.1, 0.15) is 30.5 Å². The summed E-state index contributed by atoms with van der Waals surface area (Å²) in [5.74, 6) is 1.83. The molecule has 1 N–H and O–H groups in total. The third-order valence-electron chi connectivity index (χ3n) is 3.18. The van der Waals surface area contributed by atoms with Crippen molar-refractivity contribution in [1.82, 2.24) is 5.32 Å². The second-order valence-corrected chi connectivity index (χ2v) is 4.05. The molecule has 0 aromatic heterocycles. The minimum atomic E-state index is 0.448. The van der Waals surface area contributed by atoms with Crippen LogP contribution in [0.4, 0.5) is 0 Å². The van der Waals surface area contributed by atoms with E-state index in [-0.39, 0.29) is 0 Å². The second-order valence-electron chi connectivity index (χ2n) is 4.05. The van der Waals surface area contributed by atoms with E-state index < -0.39 is 0 Å². The van der Waals surface area contributed by atoms with Gasteiger partial charge >= 0.3 is 0 Å². The van der Waals surface area contributed by atoms with E-state index in [1.165, 1.54) is 11.1 Å². The first kappa shape index (κ1) is 11.3. The minimum Gasteiger partial charge on any atom is -0.497 e. The molecule has 3 nitrogen and oxygen atoms in total. The van der Waals surface area contributed by atoms with Gasteiger partial charge < -0.3 is 14.8 Å². The summed E-state index contributed by atoms with van der Waals surface area (Å²) in [6.45, 7) is 3.12. The number of fused-ring (bicyclic) bond motifs is 1. The number of hydrogen-bond acceptors (Lipinski definition) is 3. The first-order valence-electron chi connectivity index (χ1n) is 5.78. The molecule has 2 rings (SSSR count). The summed E-state index contributed by atoms with van der Waals surface area (Å²) in [6.07, 6.45) is 2.23. The van der Waals surface area contributed by atoms with Crippen molar-refractivity contribution < 1.29 is 9.47 Å².